The number of esters is 1. The fraction of sp³-hybridized carbons (Fsp3) is 0.867. The van der Waals surface area contributed by atoms with Gasteiger partial charge in [-0.05, 0) is 37.1 Å². The van der Waals surface area contributed by atoms with Crippen molar-refractivity contribution in [3.8, 4) is 0 Å². The van der Waals surface area contributed by atoms with Crippen LogP contribution in [0.2, 0.25) is 0 Å². The average molecular weight is 286 g/mol. The van der Waals surface area contributed by atoms with E-state index in [4.69, 9.17) is 10.5 Å². The van der Waals surface area contributed by atoms with Gasteiger partial charge in [-0.15, -0.1) is 0 Å². The molecule has 0 rings (SSSR count). The maximum absolute atomic E-state index is 12.0. The van der Waals surface area contributed by atoms with Gasteiger partial charge in [0, 0.05) is 6.42 Å². The molecular weight excluding hydrogens is 256 g/mol. The highest BCUT2D eigenvalue weighted by Gasteiger charge is 2.23. The molecule has 118 valence electrons. The zero-order chi connectivity index (χ0) is 15.7. The van der Waals surface area contributed by atoms with Crippen molar-refractivity contribution in [1.82, 2.24) is 5.32 Å². The van der Waals surface area contributed by atoms with Crippen LogP contribution in [0.5, 0.6) is 0 Å². The van der Waals surface area contributed by atoms with E-state index in [0.717, 1.165) is 6.42 Å². The van der Waals surface area contributed by atoms with Gasteiger partial charge in [-0.2, -0.15) is 0 Å². The Balaban J connectivity index is 4.47. The molecule has 2 atom stereocenters. The summed E-state index contributed by atoms with van der Waals surface area (Å²) in [5, 5.41) is 2.77. The zero-order valence-electron chi connectivity index (χ0n) is 13.4. The molecule has 0 aliphatic heterocycles. The molecule has 1 unspecified atom stereocenters. The van der Waals surface area contributed by atoms with Gasteiger partial charge in [0.2, 0.25) is 5.91 Å². The predicted molar refractivity (Wildman–Crippen MR) is 80.0 cm³/mol. The summed E-state index contributed by atoms with van der Waals surface area (Å²) in [6.45, 7) is 8.71. The molecule has 0 aliphatic carbocycles. The van der Waals surface area contributed by atoms with Crippen molar-refractivity contribution in [2.45, 2.75) is 53.0 Å². The molecule has 0 aromatic heterocycles. The van der Waals surface area contributed by atoms with E-state index in [1.165, 1.54) is 7.11 Å². The van der Waals surface area contributed by atoms with E-state index in [9.17, 15) is 9.59 Å². The quantitative estimate of drug-likeness (QED) is 0.632. The number of carbonyl (C=O) groups excluding carboxylic acids is 2. The van der Waals surface area contributed by atoms with Crippen molar-refractivity contribution >= 4 is 11.9 Å². The van der Waals surface area contributed by atoms with Crippen molar-refractivity contribution in [1.29, 1.82) is 0 Å². The van der Waals surface area contributed by atoms with E-state index >= 15 is 0 Å². The van der Waals surface area contributed by atoms with Gasteiger partial charge >= 0.3 is 5.97 Å². The van der Waals surface area contributed by atoms with Crippen LogP contribution < -0.4 is 11.1 Å². The van der Waals surface area contributed by atoms with Crippen molar-refractivity contribution < 1.29 is 14.3 Å². The molecule has 0 radical (unpaired) electrons. The summed E-state index contributed by atoms with van der Waals surface area (Å²) in [4.78, 5) is 23.7. The fourth-order valence-corrected chi connectivity index (χ4v) is 2.27. The zero-order valence-corrected chi connectivity index (χ0v) is 13.4. The molecule has 0 spiro atoms. The van der Waals surface area contributed by atoms with Gasteiger partial charge in [0.05, 0.1) is 7.11 Å². The molecule has 0 aromatic rings. The number of amides is 1. The smallest absolute Gasteiger partial charge is 0.328 e. The highest BCUT2D eigenvalue weighted by molar-refractivity contribution is 5.84. The van der Waals surface area contributed by atoms with Crippen molar-refractivity contribution in [3.63, 3.8) is 0 Å². The Morgan fingerprint density at radius 1 is 1.10 bits per heavy atom. The Bertz CT molecular complexity index is 303. The third-order valence-electron chi connectivity index (χ3n) is 3.14. The topological polar surface area (TPSA) is 81.4 Å². The van der Waals surface area contributed by atoms with Gasteiger partial charge in [0.15, 0.2) is 0 Å². The van der Waals surface area contributed by atoms with Crippen molar-refractivity contribution in [2.24, 2.45) is 23.5 Å². The maximum atomic E-state index is 12.0. The molecule has 0 saturated carbocycles. The van der Waals surface area contributed by atoms with Crippen LogP contribution in [-0.2, 0) is 14.3 Å². The van der Waals surface area contributed by atoms with Gasteiger partial charge in [-0.25, -0.2) is 4.79 Å². The van der Waals surface area contributed by atoms with Crippen LogP contribution in [0, 0.1) is 17.8 Å². The number of methoxy groups -OCH3 is 1. The second-order valence-corrected chi connectivity index (χ2v) is 6.21. The van der Waals surface area contributed by atoms with Crippen LogP contribution in [0.25, 0.3) is 0 Å². The number of nitrogens with two attached hydrogens (primary N) is 1. The number of ether oxygens (including phenoxy) is 1. The molecule has 0 heterocycles. The fourth-order valence-electron chi connectivity index (χ4n) is 2.27. The third kappa shape index (κ3) is 8.15. The molecule has 5 nitrogen and oxygen atoms in total. The van der Waals surface area contributed by atoms with Crippen LogP contribution in [0.1, 0.15) is 47.0 Å². The predicted octanol–water partition coefficient (Wildman–Crippen LogP) is 1.70. The molecule has 0 aliphatic rings. The summed E-state index contributed by atoms with van der Waals surface area (Å²) in [6, 6.07) is -0.565. The van der Waals surface area contributed by atoms with Crippen molar-refractivity contribution in [3.05, 3.63) is 0 Å². The second kappa shape index (κ2) is 9.75. The number of carbonyl (C=O) groups is 2. The normalized spacial score (nSPS) is 14.2. The first-order chi connectivity index (χ1) is 9.29. The monoisotopic (exact) mass is 286 g/mol. The number of hydrogen-bond acceptors (Lipinski definition) is 4. The van der Waals surface area contributed by atoms with E-state index in [0.29, 0.717) is 31.2 Å². The maximum Gasteiger partial charge on any atom is 0.328 e. The lowest BCUT2D eigenvalue weighted by Gasteiger charge is -2.21. The molecule has 0 fully saturated rings. The van der Waals surface area contributed by atoms with Crippen LogP contribution in [0.3, 0.4) is 0 Å². The van der Waals surface area contributed by atoms with E-state index in [1.807, 2.05) is 13.8 Å². The minimum Gasteiger partial charge on any atom is -0.467 e. The lowest BCUT2D eigenvalue weighted by Crippen LogP contribution is -2.43. The summed E-state index contributed by atoms with van der Waals surface area (Å²) >= 11 is 0. The summed E-state index contributed by atoms with van der Waals surface area (Å²) < 4.78 is 4.73. The highest BCUT2D eigenvalue weighted by atomic mass is 16.5. The first kappa shape index (κ1) is 18.9. The van der Waals surface area contributed by atoms with E-state index in [2.05, 4.69) is 19.2 Å². The molecule has 0 saturated heterocycles. The third-order valence-corrected chi connectivity index (χ3v) is 3.14. The Morgan fingerprint density at radius 2 is 1.65 bits per heavy atom. The number of nitrogens with one attached hydrogen (secondary N) is 1. The lowest BCUT2D eigenvalue weighted by atomic mass is 9.93. The van der Waals surface area contributed by atoms with Gasteiger partial charge in [0.25, 0.3) is 0 Å². The molecule has 0 bridgehead atoms. The van der Waals surface area contributed by atoms with Gasteiger partial charge in [-0.3, -0.25) is 4.79 Å². The van der Waals surface area contributed by atoms with Crippen LogP contribution in [0.4, 0.5) is 0 Å². The minimum atomic E-state index is -0.565. The first-order valence-corrected chi connectivity index (χ1v) is 7.37. The SMILES string of the molecule is COC(=O)C(CC(C)C)NC(=O)C[C@@H](CN)CC(C)C. The molecule has 5 heteroatoms. The molecular formula is C15H30N2O3. The Labute approximate surface area is 122 Å². The summed E-state index contributed by atoms with van der Waals surface area (Å²) in [5.41, 5.74) is 5.70. The number of rotatable bonds is 9. The molecule has 1 amide bonds. The Hall–Kier alpha value is -1.10. The van der Waals surface area contributed by atoms with Gasteiger partial charge in [0.1, 0.15) is 6.04 Å². The summed E-state index contributed by atoms with van der Waals surface area (Å²) in [5.74, 6) is 0.452. The first-order valence-electron chi connectivity index (χ1n) is 7.37. The number of hydrogen-bond donors (Lipinski definition) is 2. The molecule has 0 aromatic carbocycles. The average Bonchev–Trinajstić information content (AvgIpc) is 2.34. The van der Waals surface area contributed by atoms with E-state index in [1.54, 1.807) is 0 Å². The summed E-state index contributed by atoms with van der Waals surface area (Å²) in [7, 11) is 1.34. The minimum absolute atomic E-state index is 0.128. The van der Waals surface area contributed by atoms with E-state index in [-0.39, 0.29) is 17.8 Å². The van der Waals surface area contributed by atoms with Crippen LogP contribution in [-0.4, -0.2) is 31.6 Å². The largest absolute Gasteiger partial charge is 0.467 e. The lowest BCUT2D eigenvalue weighted by molar-refractivity contribution is -0.145. The highest BCUT2D eigenvalue weighted by Crippen LogP contribution is 2.15. The van der Waals surface area contributed by atoms with Crippen molar-refractivity contribution in [2.75, 3.05) is 13.7 Å². The van der Waals surface area contributed by atoms with E-state index < -0.39 is 6.04 Å². The Morgan fingerprint density at radius 3 is 2.05 bits per heavy atom. The van der Waals surface area contributed by atoms with Crippen LogP contribution in [0.15, 0.2) is 0 Å². The Kier molecular flexibility index (Phi) is 9.21. The second-order valence-electron chi connectivity index (χ2n) is 6.21. The standard InChI is InChI=1S/C15H30N2O3/c1-10(2)6-12(9-16)8-14(18)17-13(7-11(3)4)15(19)20-5/h10-13H,6-9,16H2,1-5H3,(H,17,18)/t12-,13?/m0/s1. The summed E-state index contributed by atoms with van der Waals surface area (Å²) in [6.07, 6.45) is 1.85. The van der Waals surface area contributed by atoms with Gasteiger partial charge < -0.3 is 15.8 Å². The van der Waals surface area contributed by atoms with Crippen LogP contribution >= 0.6 is 0 Å². The van der Waals surface area contributed by atoms with Gasteiger partial charge in [-0.1, -0.05) is 27.7 Å². The molecule has 3 N–H and O–H groups in total. The molecule has 20 heavy (non-hydrogen) atoms.